The van der Waals surface area contributed by atoms with Crippen molar-refractivity contribution in [2.24, 2.45) is 5.92 Å². The Bertz CT molecular complexity index is 626. The molecule has 0 N–H and O–H groups in total. The first-order valence-corrected chi connectivity index (χ1v) is 7.15. The summed E-state index contributed by atoms with van der Waals surface area (Å²) in [6, 6.07) is 1.64. The summed E-state index contributed by atoms with van der Waals surface area (Å²) >= 11 is 0. The van der Waals surface area contributed by atoms with Crippen molar-refractivity contribution in [3.63, 3.8) is 0 Å². The van der Waals surface area contributed by atoms with Gasteiger partial charge >= 0.3 is 11.9 Å². The molecule has 0 fully saturated rings. The van der Waals surface area contributed by atoms with Gasteiger partial charge < -0.3 is 14.2 Å². The third kappa shape index (κ3) is 4.85. The molecule has 138 valence electrons. The number of hydrogen-bond donors (Lipinski definition) is 0. The van der Waals surface area contributed by atoms with Crippen LogP contribution in [-0.4, -0.2) is 44.2 Å². The first kappa shape index (κ1) is 20.3. The van der Waals surface area contributed by atoms with Crippen LogP contribution in [0.4, 0.5) is 8.78 Å². The highest BCUT2D eigenvalue weighted by molar-refractivity contribution is 5.96. The molecule has 0 heterocycles. The predicted molar refractivity (Wildman–Crippen MR) is 79.7 cm³/mol. The van der Waals surface area contributed by atoms with E-state index in [9.17, 15) is 28.5 Å². The van der Waals surface area contributed by atoms with Crippen molar-refractivity contribution in [3.8, 4) is 5.75 Å². The molecule has 0 aliphatic heterocycles. The molecule has 0 aliphatic rings. The molecular formula is C15H17F2NO7. The van der Waals surface area contributed by atoms with Gasteiger partial charge in [-0.1, -0.05) is 0 Å². The zero-order chi connectivity index (χ0) is 19.1. The number of esters is 2. The molecule has 0 aromatic heterocycles. The number of halogens is 2. The summed E-state index contributed by atoms with van der Waals surface area (Å²) in [6.07, 6.45) is 0. The topological polar surface area (TPSA) is 105 Å². The second kappa shape index (κ2) is 8.90. The van der Waals surface area contributed by atoms with Gasteiger partial charge in [-0.15, -0.1) is 0 Å². The lowest BCUT2D eigenvalue weighted by Gasteiger charge is -2.22. The standard InChI is InChI=1S/C15H17F2NO7/c1-4-25-8-5-10(16)12(11(17)6-8)9(7-18(21)22)13(14(19)23-2)15(20)24-3/h5-6,9,13H,4,7H2,1-3H3. The summed E-state index contributed by atoms with van der Waals surface area (Å²) in [7, 11) is 1.87. The van der Waals surface area contributed by atoms with Crippen molar-refractivity contribution >= 4 is 11.9 Å². The Morgan fingerprint density at radius 2 is 1.64 bits per heavy atom. The largest absolute Gasteiger partial charge is 0.494 e. The van der Waals surface area contributed by atoms with Gasteiger partial charge in [-0.25, -0.2) is 8.78 Å². The molecule has 0 saturated carbocycles. The molecule has 25 heavy (non-hydrogen) atoms. The number of carbonyl (C=O) groups is 2. The first-order chi connectivity index (χ1) is 11.8. The van der Waals surface area contributed by atoms with Crippen LogP contribution in [0, 0.1) is 27.7 Å². The maximum atomic E-state index is 14.4. The number of nitrogens with zero attached hydrogens (tertiary/aromatic N) is 1. The Hall–Kier alpha value is -2.78. The van der Waals surface area contributed by atoms with Gasteiger partial charge in [-0.05, 0) is 6.92 Å². The van der Waals surface area contributed by atoms with E-state index in [4.69, 9.17) is 4.74 Å². The second-order valence-corrected chi connectivity index (χ2v) is 4.88. The van der Waals surface area contributed by atoms with Crippen LogP contribution >= 0.6 is 0 Å². The molecule has 0 spiro atoms. The van der Waals surface area contributed by atoms with Gasteiger partial charge in [-0.3, -0.25) is 19.7 Å². The molecule has 1 unspecified atom stereocenters. The molecule has 0 aliphatic carbocycles. The van der Waals surface area contributed by atoms with Crippen LogP contribution in [0.1, 0.15) is 18.4 Å². The zero-order valence-electron chi connectivity index (χ0n) is 13.8. The Kier molecular flexibility index (Phi) is 7.22. The average Bonchev–Trinajstić information content (AvgIpc) is 2.53. The quantitative estimate of drug-likeness (QED) is 0.300. The van der Waals surface area contributed by atoms with Crippen LogP contribution in [0.2, 0.25) is 0 Å². The lowest BCUT2D eigenvalue weighted by Crippen LogP contribution is -2.36. The predicted octanol–water partition coefficient (Wildman–Crippen LogP) is 1.69. The number of carbonyl (C=O) groups excluding carboxylic acids is 2. The minimum atomic E-state index is -1.90. The summed E-state index contributed by atoms with van der Waals surface area (Å²) in [4.78, 5) is 33.8. The number of rotatable bonds is 8. The van der Waals surface area contributed by atoms with E-state index in [2.05, 4.69) is 9.47 Å². The number of nitro groups is 1. The van der Waals surface area contributed by atoms with Gasteiger partial charge in [0.15, 0.2) is 5.92 Å². The van der Waals surface area contributed by atoms with Crippen LogP contribution in [0.15, 0.2) is 12.1 Å². The summed E-state index contributed by atoms with van der Waals surface area (Å²) < 4.78 is 42.6. The number of benzene rings is 1. The molecule has 8 nitrogen and oxygen atoms in total. The highest BCUT2D eigenvalue weighted by Gasteiger charge is 2.43. The number of methoxy groups -OCH3 is 2. The minimum Gasteiger partial charge on any atom is -0.494 e. The van der Waals surface area contributed by atoms with Crippen molar-refractivity contribution in [2.45, 2.75) is 12.8 Å². The van der Waals surface area contributed by atoms with Crippen LogP contribution in [-0.2, 0) is 19.1 Å². The maximum Gasteiger partial charge on any atom is 0.320 e. The van der Waals surface area contributed by atoms with E-state index in [0.29, 0.717) is 0 Å². The molecule has 1 atom stereocenters. The van der Waals surface area contributed by atoms with E-state index in [0.717, 1.165) is 26.4 Å². The molecule has 0 amide bonds. The Morgan fingerprint density at radius 1 is 1.16 bits per heavy atom. The van der Waals surface area contributed by atoms with Gasteiger partial charge in [0.25, 0.3) is 0 Å². The summed E-state index contributed by atoms with van der Waals surface area (Å²) in [5, 5.41) is 10.9. The van der Waals surface area contributed by atoms with Crippen LogP contribution in [0.25, 0.3) is 0 Å². The van der Waals surface area contributed by atoms with Gasteiger partial charge in [0, 0.05) is 22.6 Å². The summed E-state index contributed by atoms with van der Waals surface area (Å²) in [5.74, 6) is -8.57. The van der Waals surface area contributed by atoms with Gasteiger partial charge in [0.05, 0.1) is 26.7 Å². The fourth-order valence-corrected chi connectivity index (χ4v) is 2.37. The van der Waals surface area contributed by atoms with Crippen molar-refractivity contribution in [1.29, 1.82) is 0 Å². The van der Waals surface area contributed by atoms with Crippen LogP contribution in [0.3, 0.4) is 0 Å². The van der Waals surface area contributed by atoms with Crippen molar-refractivity contribution in [3.05, 3.63) is 39.4 Å². The highest BCUT2D eigenvalue weighted by atomic mass is 19.1. The molecular weight excluding hydrogens is 344 g/mol. The van der Waals surface area contributed by atoms with Gasteiger partial charge in [-0.2, -0.15) is 0 Å². The Morgan fingerprint density at radius 3 is 2.00 bits per heavy atom. The molecule has 1 rings (SSSR count). The minimum absolute atomic E-state index is 0.131. The highest BCUT2D eigenvalue weighted by Crippen LogP contribution is 2.33. The molecule has 1 aromatic carbocycles. The van der Waals surface area contributed by atoms with Crippen LogP contribution < -0.4 is 4.74 Å². The lowest BCUT2D eigenvalue weighted by molar-refractivity contribution is -0.484. The van der Waals surface area contributed by atoms with Gasteiger partial charge in [0.2, 0.25) is 6.54 Å². The Balaban J connectivity index is 3.51. The van der Waals surface area contributed by atoms with Crippen molar-refractivity contribution < 1.29 is 37.5 Å². The van der Waals surface area contributed by atoms with E-state index in [-0.39, 0.29) is 12.4 Å². The van der Waals surface area contributed by atoms with Gasteiger partial charge in [0.1, 0.15) is 17.4 Å². The zero-order valence-corrected chi connectivity index (χ0v) is 13.8. The van der Waals surface area contributed by atoms with E-state index in [1.807, 2.05) is 0 Å². The fraction of sp³-hybridized carbons (Fsp3) is 0.467. The smallest absolute Gasteiger partial charge is 0.320 e. The van der Waals surface area contributed by atoms with E-state index < -0.39 is 52.4 Å². The van der Waals surface area contributed by atoms with E-state index >= 15 is 0 Å². The summed E-state index contributed by atoms with van der Waals surface area (Å²) in [5.41, 5.74) is -0.791. The lowest BCUT2D eigenvalue weighted by atomic mass is 9.85. The van der Waals surface area contributed by atoms with Crippen LogP contribution in [0.5, 0.6) is 5.75 Å². The number of hydrogen-bond acceptors (Lipinski definition) is 7. The molecule has 0 radical (unpaired) electrons. The monoisotopic (exact) mass is 361 g/mol. The first-order valence-electron chi connectivity index (χ1n) is 7.15. The molecule has 1 aromatic rings. The normalized spacial score (nSPS) is 11.8. The van der Waals surface area contributed by atoms with E-state index in [1.165, 1.54) is 0 Å². The fourth-order valence-electron chi connectivity index (χ4n) is 2.37. The van der Waals surface area contributed by atoms with Crippen molar-refractivity contribution in [2.75, 3.05) is 27.4 Å². The third-order valence-electron chi connectivity index (χ3n) is 3.39. The SMILES string of the molecule is CCOc1cc(F)c(C(C[N+](=O)[O-])C(C(=O)OC)C(=O)OC)c(F)c1. The second-order valence-electron chi connectivity index (χ2n) is 4.88. The molecule has 10 heteroatoms. The molecule has 0 bridgehead atoms. The third-order valence-corrected chi connectivity index (χ3v) is 3.39. The average molecular weight is 361 g/mol. The van der Waals surface area contributed by atoms with Crippen molar-refractivity contribution in [1.82, 2.24) is 0 Å². The Labute approximate surface area is 141 Å². The summed E-state index contributed by atoms with van der Waals surface area (Å²) in [6.45, 7) is 0.657. The maximum absolute atomic E-state index is 14.4. The van der Waals surface area contributed by atoms with E-state index in [1.54, 1.807) is 6.92 Å². The molecule has 0 saturated heterocycles. The number of ether oxygens (including phenoxy) is 3.